The lowest BCUT2D eigenvalue weighted by molar-refractivity contribution is -0.123. The van der Waals surface area contributed by atoms with Crippen LogP contribution in [0.25, 0.3) is 0 Å². The minimum absolute atomic E-state index is 0.0843. The number of ether oxygens (including phenoxy) is 2. The predicted octanol–water partition coefficient (Wildman–Crippen LogP) is 3.58. The topological polar surface area (TPSA) is 64.8 Å². The zero-order valence-electron chi connectivity index (χ0n) is 17.7. The Morgan fingerprint density at radius 2 is 1.89 bits per heavy atom. The molecular formula is C22H31N3O3. The van der Waals surface area contributed by atoms with Crippen molar-refractivity contribution >= 4 is 12.1 Å². The van der Waals surface area contributed by atoms with Gasteiger partial charge in [0.2, 0.25) is 0 Å². The molecule has 0 aliphatic carbocycles. The number of methoxy groups -OCH3 is 1. The number of carbonyl (C=O) groups is 1. The van der Waals surface area contributed by atoms with Crippen molar-refractivity contribution < 1.29 is 14.3 Å². The Hall–Kier alpha value is -2.60. The number of amides is 1. The van der Waals surface area contributed by atoms with Crippen molar-refractivity contribution in [2.24, 2.45) is 5.10 Å². The lowest BCUT2D eigenvalue weighted by Crippen LogP contribution is -2.24. The molecule has 0 fully saturated rings. The largest absolute Gasteiger partial charge is 0.484 e. The molecule has 0 atom stereocenters. The molecule has 1 N–H and O–H groups in total. The van der Waals surface area contributed by atoms with Gasteiger partial charge in [0.25, 0.3) is 5.91 Å². The van der Waals surface area contributed by atoms with Crippen molar-refractivity contribution in [2.75, 3.05) is 20.3 Å². The number of nitrogens with zero attached hydrogens (tertiary/aromatic N) is 2. The van der Waals surface area contributed by atoms with Crippen LogP contribution >= 0.6 is 0 Å². The van der Waals surface area contributed by atoms with Gasteiger partial charge in [-0.25, -0.2) is 5.43 Å². The predicted molar refractivity (Wildman–Crippen MR) is 112 cm³/mol. The zero-order valence-corrected chi connectivity index (χ0v) is 17.7. The second kappa shape index (κ2) is 9.55. The first-order chi connectivity index (χ1) is 13.2. The second-order valence-electron chi connectivity index (χ2n) is 7.83. The number of hydrogen-bond acceptors (Lipinski definition) is 4. The van der Waals surface area contributed by atoms with Crippen molar-refractivity contribution in [3.63, 3.8) is 0 Å². The highest BCUT2D eigenvalue weighted by Gasteiger charge is 2.13. The van der Waals surface area contributed by atoms with Crippen LogP contribution in [-0.2, 0) is 21.5 Å². The summed E-state index contributed by atoms with van der Waals surface area (Å²) in [4.78, 5) is 12.0. The van der Waals surface area contributed by atoms with Crippen LogP contribution < -0.4 is 10.2 Å². The summed E-state index contributed by atoms with van der Waals surface area (Å²) >= 11 is 0. The summed E-state index contributed by atoms with van der Waals surface area (Å²) in [6.45, 7) is 11.9. The molecule has 1 aromatic heterocycles. The maximum atomic E-state index is 12.0. The molecule has 0 aliphatic heterocycles. The second-order valence-corrected chi connectivity index (χ2v) is 7.83. The van der Waals surface area contributed by atoms with Crippen molar-refractivity contribution in [1.29, 1.82) is 0 Å². The van der Waals surface area contributed by atoms with E-state index in [0.717, 1.165) is 23.5 Å². The Kier molecular flexibility index (Phi) is 7.40. The monoisotopic (exact) mass is 385 g/mol. The van der Waals surface area contributed by atoms with Gasteiger partial charge in [0.15, 0.2) is 6.61 Å². The Balaban J connectivity index is 1.85. The Morgan fingerprint density at radius 1 is 1.21 bits per heavy atom. The quantitative estimate of drug-likeness (QED) is 0.558. The Bertz CT molecular complexity index is 815. The third-order valence-corrected chi connectivity index (χ3v) is 4.61. The van der Waals surface area contributed by atoms with Crippen LogP contribution in [0, 0.1) is 13.8 Å². The SMILES string of the molecule is COCCn1c(C)cc(/C=N/NC(=O)COc2ccc(C(C)(C)C)cc2)c1C. The number of hydrogen-bond donors (Lipinski definition) is 1. The average molecular weight is 386 g/mol. The third kappa shape index (κ3) is 5.96. The van der Waals surface area contributed by atoms with E-state index >= 15 is 0 Å². The maximum absolute atomic E-state index is 12.0. The van der Waals surface area contributed by atoms with Crippen molar-refractivity contribution in [2.45, 2.75) is 46.6 Å². The lowest BCUT2D eigenvalue weighted by atomic mass is 9.87. The molecular weight excluding hydrogens is 354 g/mol. The van der Waals surface area contributed by atoms with Crippen LogP contribution in [0.15, 0.2) is 35.4 Å². The molecule has 152 valence electrons. The maximum Gasteiger partial charge on any atom is 0.277 e. The minimum atomic E-state index is -0.302. The van der Waals surface area contributed by atoms with Gasteiger partial charge in [-0.05, 0) is 43.0 Å². The van der Waals surface area contributed by atoms with E-state index in [0.29, 0.717) is 12.4 Å². The summed E-state index contributed by atoms with van der Waals surface area (Å²) in [6, 6.07) is 9.83. The summed E-state index contributed by atoms with van der Waals surface area (Å²) in [6.07, 6.45) is 1.65. The van der Waals surface area contributed by atoms with Crippen LogP contribution in [0.5, 0.6) is 5.75 Å². The standard InChI is InChI=1S/C22H31N3O3/c1-16-13-18(17(2)25(16)11-12-27-6)14-23-24-21(26)15-28-20-9-7-19(8-10-20)22(3,4)5/h7-10,13-14H,11-12,15H2,1-6H3,(H,24,26)/b23-14+. The summed E-state index contributed by atoms with van der Waals surface area (Å²) in [5.74, 6) is 0.359. The average Bonchev–Trinajstić information content (AvgIpc) is 2.91. The lowest BCUT2D eigenvalue weighted by Gasteiger charge is -2.19. The molecule has 0 bridgehead atoms. The van der Waals surface area contributed by atoms with Gasteiger partial charge in [0.05, 0.1) is 12.8 Å². The van der Waals surface area contributed by atoms with E-state index in [1.807, 2.05) is 44.2 Å². The number of carbonyl (C=O) groups excluding carboxylic acids is 1. The highest BCUT2D eigenvalue weighted by molar-refractivity contribution is 5.84. The molecule has 0 radical (unpaired) electrons. The third-order valence-electron chi connectivity index (χ3n) is 4.61. The Morgan fingerprint density at radius 3 is 2.50 bits per heavy atom. The van der Waals surface area contributed by atoms with Gasteiger partial charge in [-0.15, -0.1) is 0 Å². The molecule has 1 amide bonds. The van der Waals surface area contributed by atoms with Crippen molar-refractivity contribution in [1.82, 2.24) is 9.99 Å². The van der Waals surface area contributed by atoms with Crippen LogP contribution in [0.1, 0.15) is 43.3 Å². The van der Waals surface area contributed by atoms with Crippen LogP contribution in [0.4, 0.5) is 0 Å². The number of benzene rings is 1. The highest BCUT2D eigenvalue weighted by Crippen LogP contribution is 2.24. The van der Waals surface area contributed by atoms with E-state index in [9.17, 15) is 4.79 Å². The molecule has 0 saturated carbocycles. The molecule has 28 heavy (non-hydrogen) atoms. The first-order valence-electron chi connectivity index (χ1n) is 9.43. The highest BCUT2D eigenvalue weighted by atomic mass is 16.5. The normalized spacial score (nSPS) is 11.8. The summed E-state index contributed by atoms with van der Waals surface area (Å²) in [7, 11) is 1.69. The van der Waals surface area contributed by atoms with Crippen LogP contribution in [0.3, 0.4) is 0 Å². The van der Waals surface area contributed by atoms with Gasteiger partial charge in [-0.3, -0.25) is 4.79 Å². The number of rotatable bonds is 8. The summed E-state index contributed by atoms with van der Waals surface area (Å²) < 4.78 is 12.8. The van der Waals surface area contributed by atoms with Gasteiger partial charge in [0.1, 0.15) is 5.75 Å². The van der Waals surface area contributed by atoms with Crippen LogP contribution in [0.2, 0.25) is 0 Å². The first-order valence-corrected chi connectivity index (χ1v) is 9.43. The van der Waals surface area contributed by atoms with Gasteiger partial charge >= 0.3 is 0 Å². The molecule has 6 nitrogen and oxygen atoms in total. The molecule has 2 aromatic rings. The van der Waals surface area contributed by atoms with Gasteiger partial charge in [-0.1, -0.05) is 32.9 Å². The number of hydrazone groups is 1. The van der Waals surface area contributed by atoms with Crippen molar-refractivity contribution in [3.05, 3.63) is 52.8 Å². The molecule has 6 heteroatoms. The van der Waals surface area contributed by atoms with E-state index < -0.39 is 0 Å². The van der Waals surface area contributed by atoms with Gasteiger partial charge in [-0.2, -0.15) is 5.10 Å². The smallest absolute Gasteiger partial charge is 0.277 e. The van der Waals surface area contributed by atoms with Gasteiger partial charge in [0, 0.05) is 30.6 Å². The van der Waals surface area contributed by atoms with Gasteiger partial charge < -0.3 is 14.0 Å². The molecule has 2 rings (SSSR count). The van der Waals surface area contributed by atoms with E-state index in [4.69, 9.17) is 9.47 Å². The fourth-order valence-corrected chi connectivity index (χ4v) is 2.89. The minimum Gasteiger partial charge on any atom is -0.484 e. The number of aryl methyl sites for hydroxylation is 1. The molecule has 0 aliphatic rings. The number of nitrogens with one attached hydrogen (secondary N) is 1. The fraction of sp³-hybridized carbons (Fsp3) is 0.455. The molecule has 1 heterocycles. The molecule has 0 unspecified atom stereocenters. The summed E-state index contributed by atoms with van der Waals surface area (Å²) in [5, 5.41) is 4.05. The van der Waals surface area contributed by atoms with E-state index in [1.165, 1.54) is 5.56 Å². The zero-order chi connectivity index (χ0) is 20.7. The first kappa shape index (κ1) is 21.7. The molecule has 0 saturated heterocycles. The number of aromatic nitrogens is 1. The van der Waals surface area contributed by atoms with E-state index in [-0.39, 0.29) is 17.9 Å². The fourth-order valence-electron chi connectivity index (χ4n) is 2.89. The van der Waals surface area contributed by atoms with E-state index in [1.54, 1.807) is 13.3 Å². The van der Waals surface area contributed by atoms with Crippen molar-refractivity contribution in [3.8, 4) is 5.75 Å². The Labute approximate surface area is 167 Å². The molecule has 1 aromatic carbocycles. The summed E-state index contributed by atoms with van der Waals surface area (Å²) in [5.41, 5.74) is 6.99. The van der Waals surface area contributed by atoms with Crippen LogP contribution in [-0.4, -0.2) is 37.0 Å². The van der Waals surface area contributed by atoms with E-state index in [2.05, 4.69) is 35.9 Å². The molecule has 0 spiro atoms.